The van der Waals surface area contributed by atoms with Crippen LogP contribution in [0, 0.1) is 5.41 Å². The number of halogens is 1. The molecule has 78 valence electrons. The molecule has 1 aliphatic rings. The van der Waals surface area contributed by atoms with E-state index >= 15 is 0 Å². The van der Waals surface area contributed by atoms with Gasteiger partial charge in [0, 0.05) is 5.41 Å². The lowest BCUT2D eigenvalue weighted by molar-refractivity contribution is -0.125. The topological polar surface area (TPSA) is 38.7 Å². The molecular weight excluding hydrogens is 192 g/mol. The van der Waals surface area contributed by atoms with Gasteiger partial charge in [0.25, 0.3) is 0 Å². The Kier molecular flexibility index (Phi) is 7.04. The van der Waals surface area contributed by atoms with E-state index in [2.05, 4.69) is 11.3 Å². The molecule has 0 aliphatic carbocycles. The summed E-state index contributed by atoms with van der Waals surface area (Å²) >= 11 is 5.21. The van der Waals surface area contributed by atoms with Gasteiger partial charge >= 0.3 is 0 Å². The molecule has 0 aromatic rings. The van der Waals surface area contributed by atoms with Crippen LogP contribution in [0.15, 0.2) is 12.8 Å². The Morgan fingerprint density at radius 1 is 1.69 bits per heavy atom. The number of aliphatic hydroxyl groups is 1. The van der Waals surface area contributed by atoms with Crippen LogP contribution in [0.4, 0.5) is 0 Å². The van der Waals surface area contributed by atoms with Crippen LogP contribution < -0.4 is 0 Å². The molecular formula is C9H17ClO3. The molecule has 1 N–H and O–H groups in total. The van der Waals surface area contributed by atoms with Crippen LogP contribution in [0.25, 0.3) is 0 Å². The molecule has 13 heavy (non-hydrogen) atoms. The van der Waals surface area contributed by atoms with E-state index in [4.69, 9.17) is 21.4 Å². The molecule has 3 nitrogen and oxygen atoms in total. The van der Waals surface area contributed by atoms with Crippen molar-refractivity contribution in [1.82, 2.24) is 0 Å². The Bertz CT molecular complexity index is 129. The highest BCUT2D eigenvalue weighted by Gasteiger charge is 2.31. The van der Waals surface area contributed by atoms with E-state index in [0.29, 0.717) is 12.5 Å². The Hall–Kier alpha value is -0.250. The van der Waals surface area contributed by atoms with Crippen molar-refractivity contribution >= 4 is 11.6 Å². The highest BCUT2D eigenvalue weighted by Crippen LogP contribution is 2.24. The third-order valence-electron chi connectivity index (χ3n) is 1.60. The van der Waals surface area contributed by atoms with Crippen molar-refractivity contribution in [3.8, 4) is 0 Å². The lowest BCUT2D eigenvalue weighted by Gasteiger charge is -2.35. The number of ether oxygens (including phenoxy) is 2. The Labute approximate surface area is 84.3 Å². The van der Waals surface area contributed by atoms with Gasteiger partial charge in [-0.05, 0) is 0 Å². The van der Waals surface area contributed by atoms with Crippen molar-refractivity contribution in [1.29, 1.82) is 0 Å². The Morgan fingerprint density at radius 2 is 2.31 bits per heavy atom. The van der Waals surface area contributed by atoms with E-state index in [-0.39, 0.29) is 12.0 Å². The van der Waals surface area contributed by atoms with E-state index in [1.807, 2.05) is 6.92 Å². The summed E-state index contributed by atoms with van der Waals surface area (Å²) < 4.78 is 9.48. The zero-order valence-corrected chi connectivity index (χ0v) is 8.72. The molecule has 1 aliphatic heterocycles. The van der Waals surface area contributed by atoms with E-state index in [1.54, 1.807) is 0 Å². The van der Waals surface area contributed by atoms with Gasteiger partial charge in [0.1, 0.15) is 6.61 Å². The number of hydrogen-bond donors (Lipinski definition) is 1. The van der Waals surface area contributed by atoms with Gasteiger partial charge < -0.3 is 14.6 Å². The van der Waals surface area contributed by atoms with Crippen molar-refractivity contribution in [3.63, 3.8) is 0 Å². The molecule has 0 unspecified atom stereocenters. The number of hydrogen-bond acceptors (Lipinski definition) is 3. The second-order valence-corrected chi connectivity index (χ2v) is 3.57. The fraction of sp³-hybridized carbons (Fsp3) is 0.778. The van der Waals surface area contributed by atoms with Gasteiger partial charge in [-0.25, -0.2) is 0 Å². The summed E-state index contributed by atoms with van der Waals surface area (Å²) in [4.78, 5) is 0. The zero-order valence-electron chi connectivity index (χ0n) is 7.96. The van der Waals surface area contributed by atoms with Crippen molar-refractivity contribution in [2.75, 3.05) is 32.3 Å². The van der Waals surface area contributed by atoms with Gasteiger partial charge in [-0.15, -0.1) is 11.6 Å². The van der Waals surface area contributed by atoms with E-state index in [0.717, 1.165) is 13.2 Å². The fourth-order valence-corrected chi connectivity index (χ4v) is 0.759. The minimum atomic E-state index is 0.0972. The van der Waals surface area contributed by atoms with Crippen LogP contribution in [-0.4, -0.2) is 37.4 Å². The summed E-state index contributed by atoms with van der Waals surface area (Å²) in [6, 6.07) is 0. The number of aliphatic hydroxyl groups excluding tert-OH is 1. The van der Waals surface area contributed by atoms with Crippen molar-refractivity contribution in [3.05, 3.63) is 12.8 Å². The lowest BCUT2D eigenvalue weighted by Crippen LogP contribution is -2.42. The molecule has 1 saturated heterocycles. The molecule has 0 atom stereocenters. The first-order valence-corrected chi connectivity index (χ1v) is 4.69. The summed E-state index contributed by atoms with van der Waals surface area (Å²) in [6.07, 6.45) is 1.38. The van der Waals surface area contributed by atoms with Crippen molar-refractivity contribution in [2.24, 2.45) is 5.41 Å². The molecule has 1 fully saturated rings. The van der Waals surface area contributed by atoms with Crippen molar-refractivity contribution in [2.45, 2.75) is 6.92 Å². The second-order valence-electron chi connectivity index (χ2n) is 3.19. The van der Waals surface area contributed by atoms with E-state index in [9.17, 15) is 0 Å². The maximum atomic E-state index is 8.57. The average molecular weight is 209 g/mol. The summed E-state index contributed by atoms with van der Waals surface area (Å²) in [7, 11) is 0. The monoisotopic (exact) mass is 208 g/mol. The quantitative estimate of drug-likeness (QED) is 0.431. The van der Waals surface area contributed by atoms with Gasteiger partial charge in [0.15, 0.2) is 0 Å². The normalized spacial score (nSPS) is 17.8. The second kappa shape index (κ2) is 7.18. The van der Waals surface area contributed by atoms with Crippen LogP contribution in [-0.2, 0) is 9.47 Å². The smallest absolute Gasteiger partial charge is 0.101 e. The molecule has 4 heteroatoms. The molecule has 0 aromatic carbocycles. The van der Waals surface area contributed by atoms with Crippen LogP contribution in [0.2, 0.25) is 0 Å². The minimum absolute atomic E-state index is 0.0972. The SMILES string of the molecule is C=COCCCl.CC1(CO)COC1. The maximum absolute atomic E-state index is 8.57. The molecule has 0 amide bonds. The Morgan fingerprint density at radius 3 is 2.38 bits per heavy atom. The molecule has 0 spiro atoms. The summed E-state index contributed by atoms with van der Waals surface area (Å²) in [6.45, 7) is 7.60. The molecule has 1 rings (SSSR count). The van der Waals surface area contributed by atoms with Crippen LogP contribution >= 0.6 is 11.6 Å². The van der Waals surface area contributed by atoms with Crippen molar-refractivity contribution < 1.29 is 14.6 Å². The van der Waals surface area contributed by atoms with Crippen LogP contribution in [0.5, 0.6) is 0 Å². The molecule has 0 radical (unpaired) electrons. The highest BCUT2D eigenvalue weighted by atomic mass is 35.5. The minimum Gasteiger partial charge on any atom is -0.501 e. The first-order chi connectivity index (χ1) is 6.18. The molecule has 1 heterocycles. The standard InChI is InChI=1S/C5H10O2.C4H7ClO/c1-5(2-6)3-7-4-5;1-2-6-4-3-5/h6H,2-4H2,1H3;2H,1,3-4H2. The number of rotatable bonds is 4. The van der Waals surface area contributed by atoms with Gasteiger partial charge in [-0.2, -0.15) is 0 Å². The van der Waals surface area contributed by atoms with Gasteiger partial charge in [0.05, 0.1) is 32.0 Å². The van der Waals surface area contributed by atoms with Crippen LogP contribution in [0.1, 0.15) is 6.92 Å². The predicted octanol–water partition coefficient (Wildman–Crippen LogP) is 1.40. The van der Waals surface area contributed by atoms with Gasteiger partial charge in [-0.1, -0.05) is 13.5 Å². The largest absolute Gasteiger partial charge is 0.501 e. The van der Waals surface area contributed by atoms with E-state index in [1.165, 1.54) is 6.26 Å². The summed E-state index contributed by atoms with van der Waals surface area (Å²) in [5.41, 5.74) is 0.0972. The zero-order chi connectivity index (χ0) is 10.2. The van der Waals surface area contributed by atoms with Gasteiger partial charge in [0.2, 0.25) is 0 Å². The number of alkyl halides is 1. The molecule has 0 bridgehead atoms. The third-order valence-corrected chi connectivity index (χ3v) is 1.75. The summed E-state index contributed by atoms with van der Waals surface area (Å²) in [5.74, 6) is 0.534. The molecule has 0 saturated carbocycles. The van der Waals surface area contributed by atoms with Gasteiger partial charge in [-0.3, -0.25) is 0 Å². The fourth-order valence-electron chi connectivity index (χ4n) is 0.670. The molecule has 0 aromatic heterocycles. The highest BCUT2D eigenvalue weighted by molar-refractivity contribution is 6.17. The first kappa shape index (κ1) is 12.8. The van der Waals surface area contributed by atoms with Crippen LogP contribution in [0.3, 0.4) is 0 Å². The Balaban J connectivity index is 0.000000226. The third kappa shape index (κ3) is 5.91. The van der Waals surface area contributed by atoms with E-state index < -0.39 is 0 Å². The maximum Gasteiger partial charge on any atom is 0.101 e. The first-order valence-electron chi connectivity index (χ1n) is 4.15. The predicted molar refractivity (Wildman–Crippen MR) is 52.9 cm³/mol. The summed E-state index contributed by atoms with van der Waals surface area (Å²) in [5, 5.41) is 8.57. The average Bonchev–Trinajstić information content (AvgIpc) is 2.12. The lowest BCUT2D eigenvalue weighted by atomic mass is 9.90.